The number of rotatable bonds is 6. The van der Waals surface area contributed by atoms with Crippen LogP contribution in [0, 0.1) is 10.1 Å². The van der Waals surface area contributed by atoms with Crippen molar-refractivity contribution >= 4 is 17.6 Å². The first-order chi connectivity index (χ1) is 8.70. The fraction of sp³-hybridized carbons (Fsp3) is 0.667. The van der Waals surface area contributed by atoms with Gasteiger partial charge in [-0.25, -0.2) is 0 Å². The highest BCUT2D eigenvalue weighted by Crippen LogP contribution is 2.30. The van der Waals surface area contributed by atoms with Gasteiger partial charge in [-0.2, -0.15) is 11.8 Å². The molecule has 0 amide bonds. The van der Waals surface area contributed by atoms with Crippen molar-refractivity contribution in [1.82, 2.24) is 5.32 Å². The third-order valence-corrected chi connectivity index (χ3v) is 4.52. The molecule has 100 valence electrons. The Balaban J connectivity index is 1.84. The first kappa shape index (κ1) is 13.4. The Kier molecular flexibility index (Phi) is 4.66. The van der Waals surface area contributed by atoms with Crippen LogP contribution in [-0.2, 0) is 6.54 Å². The summed E-state index contributed by atoms with van der Waals surface area (Å²) in [5.74, 6) is 1.58. The maximum absolute atomic E-state index is 10.5. The summed E-state index contributed by atoms with van der Waals surface area (Å²) >= 11 is 1.99. The maximum Gasteiger partial charge on any atom is 0.433 e. The van der Waals surface area contributed by atoms with E-state index in [1.54, 1.807) is 6.07 Å². The second kappa shape index (κ2) is 6.24. The Morgan fingerprint density at radius 3 is 3.06 bits per heavy atom. The van der Waals surface area contributed by atoms with E-state index in [9.17, 15) is 10.1 Å². The van der Waals surface area contributed by atoms with Crippen molar-refractivity contribution in [3.63, 3.8) is 0 Å². The number of nitrogens with zero attached hydrogens (tertiary/aromatic N) is 1. The highest BCUT2D eigenvalue weighted by atomic mass is 32.2. The average molecular weight is 270 g/mol. The Morgan fingerprint density at radius 1 is 1.56 bits per heavy atom. The highest BCUT2D eigenvalue weighted by molar-refractivity contribution is 7.99. The Labute approximate surface area is 110 Å². The number of hydrogen-bond acceptors (Lipinski definition) is 5. The standard InChI is InChI=1S/C12H18N2O3S/c1-2-18-11-5-3-4-10(11)13-8-9-6-7-12(17-9)14(15)16/h6-7,10-11,13H,2-5,8H2,1H3. The molecule has 5 nitrogen and oxygen atoms in total. The van der Waals surface area contributed by atoms with E-state index in [0.717, 1.165) is 5.75 Å². The van der Waals surface area contributed by atoms with Gasteiger partial charge in [0.05, 0.1) is 12.6 Å². The Hall–Kier alpha value is -1.01. The van der Waals surface area contributed by atoms with Gasteiger partial charge in [-0.15, -0.1) is 0 Å². The van der Waals surface area contributed by atoms with Crippen molar-refractivity contribution in [1.29, 1.82) is 0 Å². The molecule has 1 fully saturated rings. The molecule has 2 unspecified atom stereocenters. The van der Waals surface area contributed by atoms with Gasteiger partial charge < -0.3 is 9.73 Å². The van der Waals surface area contributed by atoms with E-state index in [4.69, 9.17) is 4.42 Å². The van der Waals surface area contributed by atoms with Crippen molar-refractivity contribution in [2.75, 3.05) is 5.75 Å². The lowest BCUT2D eigenvalue weighted by molar-refractivity contribution is -0.402. The summed E-state index contributed by atoms with van der Waals surface area (Å²) in [6, 6.07) is 3.57. The highest BCUT2D eigenvalue weighted by Gasteiger charge is 2.26. The second-order valence-electron chi connectivity index (χ2n) is 4.41. The minimum atomic E-state index is -0.505. The molecule has 1 aliphatic carbocycles. The lowest BCUT2D eigenvalue weighted by Gasteiger charge is -2.19. The molecule has 1 aliphatic rings. The molecule has 6 heteroatoms. The first-order valence-corrected chi connectivity index (χ1v) is 7.33. The summed E-state index contributed by atoms with van der Waals surface area (Å²) < 4.78 is 5.13. The molecule has 1 N–H and O–H groups in total. The van der Waals surface area contributed by atoms with E-state index >= 15 is 0 Å². The van der Waals surface area contributed by atoms with Crippen LogP contribution in [0.3, 0.4) is 0 Å². The maximum atomic E-state index is 10.5. The van der Waals surface area contributed by atoms with Gasteiger partial charge in [0.15, 0.2) is 0 Å². The zero-order valence-corrected chi connectivity index (χ0v) is 11.2. The molecule has 1 aromatic rings. The topological polar surface area (TPSA) is 68.3 Å². The van der Waals surface area contributed by atoms with Crippen LogP contribution in [0.5, 0.6) is 0 Å². The van der Waals surface area contributed by atoms with Gasteiger partial charge in [-0.05, 0) is 24.7 Å². The van der Waals surface area contributed by atoms with Crippen LogP contribution >= 0.6 is 11.8 Å². The van der Waals surface area contributed by atoms with Gasteiger partial charge in [0, 0.05) is 11.3 Å². The molecular formula is C12H18N2O3S. The van der Waals surface area contributed by atoms with Crippen LogP contribution in [0.4, 0.5) is 5.88 Å². The fourth-order valence-electron chi connectivity index (χ4n) is 2.36. The summed E-state index contributed by atoms with van der Waals surface area (Å²) in [5, 5.41) is 14.6. The summed E-state index contributed by atoms with van der Waals surface area (Å²) in [5.41, 5.74) is 0. The van der Waals surface area contributed by atoms with Crippen LogP contribution in [0.15, 0.2) is 16.5 Å². The largest absolute Gasteiger partial charge is 0.433 e. The predicted octanol–water partition coefficient (Wildman–Crippen LogP) is 2.95. The van der Waals surface area contributed by atoms with Crippen molar-refractivity contribution in [2.45, 2.75) is 44.0 Å². The number of furan rings is 1. The number of nitrogens with one attached hydrogen (secondary N) is 1. The number of nitro groups is 1. The summed E-state index contributed by atoms with van der Waals surface area (Å²) in [6.45, 7) is 2.75. The third kappa shape index (κ3) is 3.26. The minimum absolute atomic E-state index is 0.183. The predicted molar refractivity (Wildman–Crippen MR) is 71.8 cm³/mol. The van der Waals surface area contributed by atoms with Gasteiger partial charge >= 0.3 is 5.88 Å². The molecule has 0 bridgehead atoms. The van der Waals surface area contributed by atoms with E-state index in [2.05, 4.69) is 12.2 Å². The van der Waals surface area contributed by atoms with Gasteiger partial charge in [0.2, 0.25) is 0 Å². The monoisotopic (exact) mass is 270 g/mol. The molecule has 1 saturated carbocycles. The summed E-state index contributed by atoms with van der Waals surface area (Å²) in [7, 11) is 0. The molecule has 0 aromatic carbocycles. The minimum Gasteiger partial charge on any atom is -0.404 e. The van der Waals surface area contributed by atoms with Gasteiger partial charge in [-0.3, -0.25) is 10.1 Å². The molecule has 0 radical (unpaired) electrons. The van der Waals surface area contributed by atoms with E-state index in [-0.39, 0.29) is 5.88 Å². The molecule has 2 atom stereocenters. The van der Waals surface area contributed by atoms with E-state index < -0.39 is 4.92 Å². The zero-order chi connectivity index (χ0) is 13.0. The molecule has 1 aromatic heterocycles. The quantitative estimate of drug-likeness (QED) is 0.635. The van der Waals surface area contributed by atoms with Crippen LogP contribution in [0.25, 0.3) is 0 Å². The SMILES string of the molecule is CCSC1CCCC1NCc1ccc([N+](=O)[O-])o1. The van der Waals surface area contributed by atoms with Gasteiger partial charge in [-0.1, -0.05) is 13.3 Å². The normalized spacial score (nSPS) is 23.4. The molecule has 0 aliphatic heterocycles. The molecule has 0 saturated heterocycles. The van der Waals surface area contributed by atoms with Crippen molar-refractivity contribution in [3.05, 3.63) is 28.0 Å². The average Bonchev–Trinajstić information content (AvgIpc) is 2.95. The molecule has 1 heterocycles. The third-order valence-electron chi connectivity index (χ3n) is 3.20. The van der Waals surface area contributed by atoms with Crippen LogP contribution in [0.2, 0.25) is 0 Å². The lowest BCUT2D eigenvalue weighted by atomic mass is 10.2. The van der Waals surface area contributed by atoms with Crippen molar-refractivity contribution < 1.29 is 9.34 Å². The van der Waals surface area contributed by atoms with Crippen LogP contribution < -0.4 is 5.32 Å². The second-order valence-corrected chi connectivity index (χ2v) is 5.93. The Bertz CT molecular complexity index is 408. The number of thioether (sulfide) groups is 1. The molecular weight excluding hydrogens is 252 g/mol. The Morgan fingerprint density at radius 2 is 2.39 bits per heavy atom. The van der Waals surface area contributed by atoms with Crippen molar-refractivity contribution in [3.8, 4) is 0 Å². The van der Waals surface area contributed by atoms with E-state index in [0.29, 0.717) is 23.6 Å². The van der Waals surface area contributed by atoms with Crippen LogP contribution in [0.1, 0.15) is 31.9 Å². The first-order valence-electron chi connectivity index (χ1n) is 6.28. The van der Waals surface area contributed by atoms with Gasteiger partial charge in [0.25, 0.3) is 0 Å². The zero-order valence-electron chi connectivity index (χ0n) is 10.4. The number of hydrogen-bond donors (Lipinski definition) is 1. The molecule has 0 spiro atoms. The van der Waals surface area contributed by atoms with Crippen molar-refractivity contribution in [2.24, 2.45) is 0 Å². The smallest absolute Gasteiger partial charge is 0.404 e. The fourth-order valence-corrected chi connectivity index (χ4v) is 3.59. The summed E-state index contributed by atoms with van der Waals surface area (Å²) in [6.07, 6.45) is 3.70. The van der Waals surface area contributed by atoms with E-state index in [1.807, 2.05) is 11.8 Å². The molecule has 18 heavy (non-hydrogen) atoms. The van der Waals surface area contributed by atoms with Crippen LogP contribution in [-0.4, -0.2) is 22.0 Å². The van der Waals surface area contributed by atoms with E-state index in [1.165, 1.54) is 25.3 Å². The van der Waals surface area contributed by atoms with Gasteiger partial charge in [0.1, 0.15) is 10.7 Å². The summed E-state index contributed by atoms with van der Waals surface area (Å²) in [4.78, 5) is 9.99. The lowest BCUT2D eigenvalue weighted by Crippen LogP contribution is -2.33. The molecule has 2 rings (SSSR count).